The molecule has 1 aliphatic heterocycles. The molecule has 1 aromatic carbocycles. The molecule has 2 aromatic heterocycles. The standard InChI is InChI=1S/C25H28N6O2/c1-24(2,3)18-6-8-20(9-7-18)31-22(32)25(4,5)30(23(31)33)15-17-10-11-28-21(12-17)29-19-13-26-16-27-14-19/h6-14,16H,15H2,1-5H3,(H,28,29). The molecular weight excluding hydrogens is 416 g/mol. The molecule has 0 spiro atoms. The molecule has 3 amide bonds. The van der Waals surface area contributed by atoms with Crippen molar-refractivity contribution in [1.29, 1.82) is 0 Å². The van der Waals surface area contributed by atoms with Crippen molar-refractivity contribution in [2.24, 2.45) is 0 Å². The number of pyridine rings is 1. The molecule has 170 valence electrons. The van der Waals surface area contributed by atoms with Gasteiger partial charge in [-0.2, -0.15) is 0 Å². The Kier molecular flexibility index (Phi) is 5.61. The predicted molar refractivity (Wildman–Crippen MR) is 127 cm³/mol. The number of anilines is 3. The molecule has 0 saturated carbocycles. The molecule has 1 fully saturated rings. The largest absolute Gasteiger partial charge is 0.338 e. The van der Waals surface area contributed by atoms with Gasteiger partial charge < -0.3 is 10.2 Å². The molecule has 0 unspecified atom stereocenters. The summed E-state index contributed by atoms with van der Waals surface area (Å²) in [7, 11) is 0. The van der Waals surface area contributed by atoms with Gasteiger partial charge in [-0.05, 0) is 54.7 Å². The Labute approximate surface area is 193 Å². The van der Waals surface area contributed by atoms with Crippen LogP contribution in [0.1, 0.15) is 45.7 Å². The molecule has 8 heteroatoms. The van der Waals surface area contributed by atoms with Crippen molar-refractivity contribution in [3.63, 3.8) is 0 Å². The number of rotatable bonds is 5. The first-order valence-corrected chi connectivity index (χ1v) is 10.8. The average Bonchev–Trinajstić information content (AvgIpc) is 2.94. The Morgan fingerprint density at radius 3 is 2.30 bits per heavy atom. The van der Waals surface area contributed by atoms with Crippen LogP contribution in [0, 0.1) is 0 Å². The van der Waals surface area contributed by atoms with Crippen LogP contribution >= 0.6 is 0 Å². The first kappa shape index (κ1) is 22.4. The highest BCUT2D eigenvalue weighted by molar-refractivity contribution is 6.22. The van der Waals surface area contributed by atoms with Gasteiger partial charge >= 0.3 is 6.03 Å². The number of urea groups is 1. The molecule has 1 saturated heterocycles. The summed E-state index contributed by atoms with van der Waals surface area (Å²) < 4.78 is 0. The molecule has 0 radical (unpaired) electrons. The fourth-order valence-electron chi connectivity index (χ4n) is 3.77. The lowest BCUT2D eigenvalue weighted by atomic mass is 9.87. The van der Waals surface area contributed by atoms with E-state index in [9.17, 15) is 9.59 Å². The number of aromatic nitrogens is 3. The maximum Gasteiger partial charge on any atom is 0.332 e. The summed E-state index contributed by atoms with van der Waals surface area (Å²) in [5, 5.41) is 3.14. The number of hydrogen-bond donors (Lipinski definition) is 1. The van der Waals surface area contributed by atoms with Gasteiger partial charge in [-0.1, -0.05) is 32.9 Å². The van der Waals surface area contributed by atoms with Crippen molar-refractivity contribution >= 4 is 29.1 Å². The van der Waals surface area contributed by atoms with Gasteiger partial charge in [0.2, 0.25) is 0 Å². The van der Waals surface area contributed by atoms with Gasteiger partial charge in [0.15, 0.2) is 0 Å². The minimum Gasteiger partial charge on any atom is -0.338 e. The van der Waals surface area contributed by atoms with Gasteiger partial charge in [-0.3, -0.25) is 4.79 Å². The highest BCUT2D eigenvalue weighted by Crippen LogP contribution is 2.34. The summed E-state index contributed by atoms with van der Waals surface area (Å²) in [6.45, 7) is 10.2. The third kappa shape index (κ3) is 4.41. The van der Waals surface area contributed by atoms with Crippen molar-refractivity contribution in [2.45, 2.75) is 52.1 Å². The first-order valence-electron chi connectivity index (χ1n) is 10.8. The Hall–Kier alpha value is -3.81. The van der Waals surface area contributed by atoms with Crippen LogP contribution in [0.15, 0.2) is 61.3 Å². The average molecular weight is 445 g/mol. The van der Waals surface area contributed by atoms with Gasteiger partial charge in [0.25, 0.3) is 5.91 Å². The zero-order valence-electron chi connectivity index (χ0n) is 19.5. The lowest BCUT2D eigenvalue weighted by Gasteiger charge is -2.27. The third-order valence-electron chi connectivity index (χ3n) is 5.81. The number of carbonyl (C=O) groups excluding carboxylic acids is 2. The molecular formula is C25H28N6O2. The Morgan fingerprint density at radius 1 is 1.00 bits per heavy atom. The van der Waals surface area contributed by atoms with Crippen LogP contribution in [0.5, 0.6) is 0 Å². The summed E-state index contributed by atoms with van der Waals surface area (Å²) in [5.74, 6) is 0.359. The fraction of sp³-hybridized carbons (Fsp3) is 0.320. The molecule has 1 N–H and O–H groups in total. The quantitative estimate of drug-likeness (QED) is 0.576. The first-order chi connectivity index (χ1) is 15.6. The maximum atomic E-state index is 13.4. The molecule has 4 rings (SSSR count). The second-order valence-electron chi connectivity index (χ2n) is 9.67. The van der Waals surface area contributed by atoms with E-state index >= 15 is 0 Å². The number of nitrogens with one attached hydrogen (secondary N) is 1. The van der Waals surface area contributed by atoms with E-state index in [2.05, 4.69) is 41.0 Å². The van der Waals surface area contributed by atoms with Crippen molar-refractivity contribution in [3.8, 4) is 0 Å². The summed E-state index contributed by atoms with van der Waals surface area (Å²) in [4.78, 5) is 41.8. The van der Waals surface area contributed by atoms with Crippen molar-refractivity contribution in [3.05, 3.63) is 72.4 Å². The normalized spacial score (nSPS) is 15.8. The van der Waals surface area contributed by atoms with E-state index in [0.717, 1.165) is 11.1 Å². The number of carbonyl (C=O) groups is 2. The van der Waals surface area contributed by atoms with E-state index in [4.69, 9.17) is 0 Å². The molecule has 3 aromatic rings. The van der Waals surface area contributed by atoms with Gasteiger partial charge in [-0.15, -0.1) is 0 Å². The highest BCUT2D eigenvalue weighted by Gasteiger charge is 2.51. The van der Waals surface area contributed by atoms with E-state index in [1.165, 1.54) is 11.2 Å². The maximum absolute atomic E-state index is 13.4. The lowest BCUT2D eigenvalue weighted by molar-refractivity contribution is -0.123. The van der Waals surface area contributed by atoms with Gasteiger partial charge in [0, 0.05) is 12.7 Å². The molecule has 0 atom stereocenters. The second kappa shape index (κ2) is 8.27. The summed E-state index contributed by atoms with van der Waals surface area (Å²) in [5.41, 5.74) is 2.28. The fourth-order valence-corrected chi connectivity index (χ4v) is 3.77. The highest BCUT2D eigenvalue weighted by atomic mass is 16.2. The monoisotopic (exact) mass is 444 g/mol. The van der Waals surface area contributed by atoms with Gasteiger partial charge in [-0.25, -0.2) is 24.6 Å². The van der Waals surface area contributed by atoms with E-state index in [1.807, 2.05) is 36.4 Å². The zero-order chi connectivity index (χ0) is 23.8. The van der Waals surface area contributed by atoms with Crippen molar-refractivity contribution in [2.75, 3.05) is 10.2 Å². The van der Waals surface area contributed by atoms with Crippen LogP contribution in [0.2, 0.25) is 0 Å². The van der Waals surface area contributed by atoms with Gasteiger partial charge in [0.1, 0.15) is 17.7 Å². The number of hydrogen-bond acceptors (Lipinski definition) is 6. The van der Waals surface area contributed by atoms with Crippen molar-refractivity contribution < 1.29 is 9.59 Å². The summed E-state index contributed by atoms with van der Waals surface area (Å²) >= 11 is 0. The second-order valence-corrected chi connectivity index (χ2v) is 9.67. The van der Waals surface area contributed by atoms with Crippen LogP contribution in [-0.4, -0.2) is 37.3 Å². The van der Waals surface area contributed by atoms with Crippen LogP contribution in [0.3, 0.4) is 0 Å². The lowest BCUT2D eigenvalue weighted by Crippen LogP contribution is -2.43. The van der Waals surface area contributed by atoms with E-state index in [-0.39, 0.29) is 23.9 Å². The number of imide groups is 1. The number of amides is 3. The minimum atomic E-state index is -0.982. The Balaban J connectivity index is 1.57. The molecule has 0 aliphatic carbocycles. The molecule has 8 nitrogen and oxygen atoms in total. The van der Waals surface area contributed by atoms with E-state index < -0.39 is 5.54 Å². The van der Waals surface area contributed by atoms with Crippen LogP contribution in [-0.2, 0) is 16.8 Å². The SMILES string of the molecule is CC(C)(C)c1ccc(N2C(=O)N(Cc3ccnc(Nc4cncnc4)c3)C(C)(C)C2=O)cc1. The molecule has 0 bridgehead atoms. The molecule has 1 aliphatic rings. The van der Waals surface area contributed by atoms with E-state index in [1.54, 1.807) is 37.3 Å². The van der Waals surface area contributed by atoms with Crippen LogP contribution in [0.25, 0.3) is 0 Å². The number of benzene rings is 1. The van der Waals surface area contributed by atoms with Crippen LogP contribution < -0.4 is 10.2 Å². The Morgan fingerprint density at radius 2 is 1.67 bits per heavy atom. The topological polar surface area (TPSA) is 91.3 Å². The smallest absolute Gasteiger partial charge is 0.332 e. The summed E-state index contributed by atoms with van der Waals surface area (Å²) in [6.07, 6.45) is 6.42. The minimum absolute atomic E-state index is 0.0121. The third-order valence-corrected chi connectivity index (χ3v) is 5.81. The summed E-state index contributed by atoms with van der Waals surface area (Å²) in [6, 6.07) is 11.0. The van der Waals surface area contributed by atoms with Crippen LogP contribution in [0.4, 0.5) is 22.0 Å². The number of nitrogens with zero attached hydrogens (tertiary/aromatic N) is 5. The van der Waals surface area contributed by atoms with E-state index in [0.29, 0.717) is 17.2 Å². The Bertz CT molecular complexity index is 1170. The zero-order valence-corrected chi connectivity index (χ0v) is 19.5. The molecule has 3 heterocycles. The predicted octanol–water partition coefficient (Wildman–Crippen LogP) is 4.66. The van der Waals surface area contributed by atoms with Crippen molar-refractivity contribution in [1.82, 2.24) is 19.9 Å². The molecule has 33 heavy (non-hydrogen) atoms. The van der Waals surface area contributed by atoms with Gasteiger partial charge in [0.05, 0.1) is 23.8 Å².